The van der Waals surface area contributed by atoms with E-state index in [2.05, 4.69) is 13.8 Å². The molecule has 0 radical (unpaired) electrons. The summed E-state index contributed by atoms with van der Waals surface area (Å²) in [6.07, 6.45) is 4.36. The number of hydrogen-bond acceptors (Lipinski definition) is 1. The zero-order chi connectivity index (χ0) is 13.2. The Hall–Kier alpha value is -1.18. The van der Waals surface area contributed by atoms with Crippen molar-refractivity contribution < 1.29 is 9.18 Å². The molecule has 2 heteroatoms. The van der Waals surface area contributed by atoms with E-state index in [1.807, 2.05) is 0 Å². The Morgan fingerprint density at radius 1 is 1.28 bits per heavy atom. The molecule has 2 rings (SSSR count). The fourth-order valence-electron chi connectivity index (χ4n) is 2.70. The molecule has 0 saturated heterocycles. The highest BCUT2D eigenvalue weighted by molar-refractivity contribution is 5.83. The first-order valence-corrected chi connectivity index (χ1v) is 6.74. The van der Waals surface area contributed by atoms with Gasteiger partial charge in [-0.15, -0.1) is 0 Å². The average molecular weight is 248 g/mol. The SMILES string of the molecule is CC1(C)CCC(C(=O)Cc2ccccc2F)CC1. The summed E-state index contributed by atoms with van der Waals surface area (Å²) in [4.78, 5) is 12.2. The Labute approximate surface area is 108 Å². The predicted molar refractivity (Wildman–Crippen MR) is 70.9 cm³/mol. The maximum absolute atomic E-state index is 13.5. The molecule has 0 aliphatic heterocycles. The number of carbonyl (C=O) groups is 1. The topological polar surface area (TPSA) is 17.1 Å². The Morgan fingerprint density at radius 2 is 1.89 bits per heavy atom. The lowest BCUT2D eigenvalue weighted by Crippen LogP contribution is -2.27. The van der Waals surface area contributed by atoms with E-state index in [0.29, 0.717) is 11.0 Å². The first kappa shape index (κ1) is 13.3. The molecular weight excluding hydrogens is 227 g/mol. The van der Waals surface area contributed by atoms with Crippen LogP contribution in [0.15, 0.2) is 24.3 Å². The van der Waals surface area contributed by atoms with Crippen molar-refractivity contribution in [3.05, 3.63) is 35.6 Å². The van der Waals surface area contributed by atoms with Gasteiger partial charge in [0.1, 0.15) is 11.6 Å². The van der Waals surface area contributed by atoms with Crippen molar-refractivity contribution in [2.24, 2.45) is 11.3 Å². The highest BCUT2D eigenvalue weighted by Gasteiger charge is 2.30. The minimum absolute atomic E-state index is 0.137. The monoisotopic (exact) mass is 248 g/mol. The zero-order valence-electron chi connectivity index (χ0n) is 11.2. The predicted octanol–water partition coefficient (Wildman–Crippen LogP) is 4.15. The molecule has 1 saturated carbocycles. The standard InChI is InChI=1S/C16H21FO/c1-16(2)9-7-12(8-10-16)15(18)11-13-5-3-4-6-14(13)17/h3-6,12H,7-11H2,1-2H3. The van der Waals surface area contributed by atoms with E-state index in [4.69, 9.17) is 0 Å². The molecule has 0 atom stereocenters. The summed E-state index contributed by atoms with van der Waals surface area (Å²) in [5.41, 5.74) is 0.904. The van der Waals surface area contributed by atoms with E-state index >= 15 is 0 Å². The van der Waals surface area contributed by atoms with Crippen molar-refractivity contribution in [1.82, 2.24) is 0 Å². The number of hydrogen-bond donors (Lipinski definition) is 0. The third-order valence-electron chi connectivity index (χ3n) is 4.12. The van der Waals surface area contributed by atoms with Gasteiger partial charge in [-0.25, -0.2) is 4.39 Å². The molecular formula is C16H21FO. The van der Waals surface area contributed by atoms with Gasteiger partial charge in [-0.05, 0) is 42.7 Å². The van der Waals surface area contributed by atoms with Gasteiger partial charge in [0.15, 0.2) is 0 Å². The second-order valence-corrected chi connectivity index (χ2v) is 6.17. The summed E-state index contributed by atoms with van der Waals surface area (Å²) in [7, 11) is 0. The molecule has 98 valence electrons. The Balaban J connectivity index is 1.95. The molecule has 0 aromatic heterocycles. The summed E-state index contributed by atoms with van der Waals surface area (Å²) in [5, 5.41) is 0. The molecule has 1 aromatic rings. The van der Waals surface area contributed by atoms with Crippen molar-refractivity contribution in [3.63, 3.8) is 0 Å². The lowest BCUT2D eigenvalue weighted by molar-refractivity contribution is -0.123. The van der Waals surface area contributed by atoms with Crippen LogP contribution in [0.3, 0.4) is 0 Å². The largest absolute Gasteiger partial charge is 0.299 e. The second-order valence-electron chi connectivity index (χ2n) is 6.17. The lowest BCUT2D eigenvalue weighted by Gasteiger charge is -2.33. The average Bonchev–Trinajstić information content (AvgIpc) is 2.32. The Bertz CT molecular complexity index is 426. The number of rotatable bonds is 3. The van der Waals surface area contributed by atoms with Crippen LogP contribution < -0.4 is 0 Å². The van der Waals surface area contributed by atoms with Crippen LogP contribution in [0.4, 0.5) is 4.39 Å². The molecule has 1 aliphatic rings. The first-order chi connectivity index (χ1) is 8.48. The minimum atomic E-state index is -0.262. The van der Waals surface area contributed by atoms with Gasteiger partial charge in [-0.1, -0.05) is 32.0 Å². The molecule has 0 spiro atoms. The van der Waals surface area contributed by atoms with Crippen LogP contribution in [0.1, 0.15) is 45.1 Å². The number of Topliss-reactive ketones (excluding diaryl/α,β-unsaturated/α-hetero) is 1. The maximum atomic E-state index is 13.5. The Kier molecular flexibility index (Phi) is 3.84. The molecule has 0 N–H and O–H groups in total. The van der Waals surface area contributed by atoms with Gasteiger partial charge in [0.25, 0.3) is 0 Å². The number of carbonyl (C=O) groups excluding carboxylic acids is 1. The van der Waals surface area contributed by atoms with Gasteiger partial charge in [-0.2, -0.15) is 0 Å². The molecule has 1 aliphatic carbocycles. The molecule has 0 bridgehead atoms. The summed E-state index contributed by atoms with van der Waals surface area (Å²) >= 11 is 0. The molecule has 18 heavy (non-hydrogen) atoms. The van der Waals surface area contributed by atoms with Crippen LogP contribution >= 0.6 is 0 Å². The number of halogens is 1. The zero-order valence-corrected chi connectivity index (χ0v) is 11.2. The van der Waals surface area contributed by atoms with Gasteiger partial charge < -0.3 is 0 Å². The van der Waals surface area contributed by atoms with Gasteiger partial charge in [0.2, 0.25) is 0 Å². The van der Waals surface area contributed by atoms with Crippen molar-refractivity contribution in [2.75, 3.05) is 0 Å². The normalized spacial score (nSPS) is 19.7. The van der Waals surface area contributed by atoms with Crippen molar-refractivity contribution in [2.45, 2.75) is 46.0 Å². The van der Waals surface area contributed by atoms with Crippen molar-refractivity contribution in [3.8, 4) is 0 Å². The van der Waals surface area contributed by atoms with Gasteiger partial charge >= 0.3 is 0 Å². The van der Waals surface area contributed by atoms with E-state index in [9.17, 15) is 9.18 Å². The van der Waals surface area contributed by atoms with Gasteiger partial charge in [-0.3, -0.25) is 4.79 Å². The first-order valence-electron chi connectivity index (χ1n) is 6.74. The molecule has 1 aromatic carbocycles. The smallest absolute Gasteiger partial charge is 0.140 e. The molecule has 1 fully saturated rings. The summed E-state index contributed by atoms with van der Waals surface area (Å²) in [6, 6.07) is 6.58. The van der Waals surface area contributed by atoms with E-state index in [0.717, 1.165) is 25.7 Å². The van der Waals surface area contributed by atoms with Crippen LogP contribution in [0.25, 0.3) is 0 Å². The highest BCUT2D eigenvalue weighted by atomic mass is 19.1. The highest BCUT2D eigenvalue weighted by Crippen LogP contribution is 2.38. The van der Waals surface area contributed by atoms with E-state index in [1.165, 1.54) is 6.07 Å². The number of benzene rings is 1. The number of ketones is 1. The summed E-state index contributed by atoms with van der Waals surface area (Å²) < 4.78 is 13.5. The van der Waals surface area contributed by atoms with Crippen LogP contribution in [-0.2, 0) is 11.2 Å². The fraction of sp³-hybridized carbons (Fsp3) is 0.562. The summed E-state index contributed by atoms with van der Waals surface area (Å²) in [6.45, 7) is 4.51. The van der Waals surface area contributed by atoms with Gasteiger partial charge in [0, 0.05) is 12.3 Å². The molecule has 0 heterocycles. The molecule has 0 unspecified atom stereocenters. The lowest BCUT2D eigenvalue weighted by atomic mass is 9.71. The quantitative estimate of drug-likeness (QED) is 0.785. The minimum Gasteiger partial charge on any atom is -0.299 e. The van der Waals surface area contributed by atoms with Crippen LogP contribution in [0.5, 0.6) is 0 Å². The third-order valence-corrected chi connectivity index (χ3v) is 4.12. The third kappa shape index (κ3) is 3.18. The van der Waals surface area contributed by atoms with E-state index in [-0.39, 0.29) is 23.9 Å². The Morgan fingerprint density at radius 3 is 2.50 bits per heavy atom. The van der Waals surface area contributed by atoms with Crippen LogP contribution in [0, 0.1) is 17.2 Å². The summed E-state index contributed by atoms with van der Waals surface area (Å²) in [5.74, 6) is 0.0789. The maximum Gasteiger partial charge on any atom is 0.140 e. The fourth-order valence-corrected chi connectivity index (χ4v) is 2.70. The van der Waals surface area contributed by atoms with Crippen LogP contribution in [-0.4, -0.2) is 5.78 Å². The molecule has 1 nitrogen and oxygen atoms in total. The second kappa shape index (κ2) is 5.21. The van der Waals surface area contributed by atoms with Gasteiger partial charge in [0.05, 0.1) is 0 Å². The van der Waals surface area contributed by atoms with E-state index in [1.54, 1.807) is 18.2 Å². The van der Waals surface area contributed by atoms with Crippen LogP contribution in [0.2, 0.25) is 0 Å². The molecule has 0 amide bonds. The van der Waals surface area contributed by atoms with E-state index < -0.39 is 0 Å². The van der Waals surface area contributed by atoms with Crippen molar-refractivity contribution in [1.29, 1.82) is 0 Å². The van der Waals surface area contributed by atoms with Crippen molar-refractivity contribution >= 4 is 5.78 Å².